The average molecular weight is 443 g/mol. The number of nitrogens with zero attached hydrogens (tertiary/aromatic N) is 1. The second-order valence-electron chi connectivity index (χ2n) is 8.88. The highest BCUT2D eigenvalue weighted by molar-refractivity contribution is 6.31. The number of carbonyl (C=O) groups is 2. The number of aryl methyl sites for hydroxylation is 1. The van der Waals surface area contributed by atoms with Gasteiger partial charge in [0.1, 0.15) is 6.04 Å². The zero-order chi connectivity index (χ0) is 23.0. The summed E-state index contributed by atoms with van der Waals surface area (Å²) in [6.07, 6.45) is 1.52. The molecular weight excluding hydrogens is 408 g/mol. The molecule has 0 fully saturated rings. The number of hydrogen-bond acceptors (Lipinski definition) is 2. The van der Waals surface area contributed by atoms with Crippen LogP contribution in [0.5, 0.6) is 0 Å². The minimum atomic E-state index is -0.521. The van der Waals surface area contributed by atoms with Gasteiger partial charge in [0.15, 0.2) is 0 Å². The van der Waals surface area contributed by atoms with Crippen molar-refractivity contribution < 1.29 is 9.59 Å². The van der Waals surface area contributed by atoms with Gasteiger partial charge >= 0.3 is 0 Å². The summed E-state index contributed by atoms with van der Waals surface area (Å²) in [5, 5.41) is 3.46. The SMILES string of the molecule is CCNC(=O)[C@H](CC)N(Cc1ccccc1Cl)C(=O)CCc1ccc(C(C)(C)C)cc1. The van der Waals surface area contributed by atoms with Crippen LogP contribution < -0.4 is 5.32 Å². The summed E-state index contributed by atoms with van der Waals surface area (Å²) in [6, 6.07) is 15.4. The quantitative estimate of drug-likeness (QED) is 0.556. The van der Waals surface area contributed by atoms with Crippen molar-refractivity contribution in [3.05, 3.63) is 70.2 Å². The largest absolute Gasteiger partial charge is 0.355 e. The maximum Gasteiger partial charge on any atom is 0.242 e. The Morgan fingerprint density at radius 2 is 1.68 bits per heavy atom. The highest BCUT2D eigenvalue weighted by Crippen LogP contribution is 2.23. The normalized spacial score (nSPS) is 12.3. The van der Waals surface area contributed by atoms with E-state index in [1.54, 1.807) is 4.90 Å². The molecule has 2 aromatic rings. The van der Waals surface area contributed by atoms with Crippen LogP contribution in [0.1, 0.15) is 64.2 Å². The first-order valence-corrected chi connectivity index (χ1v) is 11.4. The molecule has 0 aliphatic rings. The molecule has 0 heterocycles. The Morgan fingerprint density at radius 1 is 1.03 bits per heavy atom. The zero-order valence-corrected chi connectivity index (χ0v) is 20.1. The lowest BCUT2D eigenvalue weighted by molar-refractivity contribution is -0.141. The summed E-state index contributed by atoms with van der Waals surface area (Å²) in [4.78, 5) is 27.6. The molecule has 31 heavy (non-hydrogen) atoms. The molecule has 0 aromatic heterocycles. The zero-order valence-electron chi connectivity index (χ0n) is 19.4. The Bertz CT molecular complexity index is 872. The van der Waals surface area contributed by atoms with E-state index in [9.17, 15) is 9.59 Å². The molecule has 2 rings (SSSR count). The van der Waals surface area contributed by atoms with Crippen molar-refractivity contribution in [3.63, 3.8) is 0 Å². The maximum atomic E-state index is 13.3. The molecule has 4 nitrogen and oxygen atoms in total. The highest BCUT2D eigenvalue weighted by Gasteiger charge is 2.28. The molecular formula is C26H35ClN2O2. The molecule has 0 spiro atoms. The van der Waals surface area contributed by atoms with Gasteiger partial charge < -0.3 is 10.2 Å². The van der Waals surface area contributed by atoms with Crippen molar-refractivity contribution in [2.24, 2.45) is 0 Å². The minimum Gasteiger partial charge on any atom is -0.355 e. The molecule has 0 saturated carbocycles. The summed E-state index contributed by atoms with van der Waals surface area (Å²) in [5.74, 6) is -0.169. The fourth-order valence-corrected chi connectivity index (χ4v) is 3.78. The summed E-state index contributed by atoms with van der Waals surface area (Å²) < 4.78 is 0. The minimum absolute atomic E-state index is 0.0436. The number of nitrogens with one attached hydrogen (secondary N) is 1. The summed E-state index contributed by atoms with van der Waals surface area (Å²) >= 11 is 6.35. The molecule has 1 N–H and O–H groups in total. The van der Waals surface area contributed by atoms with Gasteiger partial charge in [-0.05, 0) is 47.9 Å². The van der Waals surface area contributed by atoms with Crippen LogP contribution in [0.25, 0.3) is 0 Å². The lowest BCUT2D eigenvalue weighted by Crippen LogP contribution is -2.49. The van der Waals surface area contributed by atoms with Crippen molar-refractivity contribution in [2.45, 2.75) is 71.9 Å². The van der Waals surface area contributed by atoms with Crippen LogP contribution >= 0.6 is 11.6 Å². The Hall–Kier alpha value is -2.33. The molecule has 0 unspecified atom stereocenters. The van der Waals surface area contributed by atoms with Crippen LogP contribution in [-0.4, -0.2) is 29.3 Å². The van der Waals surface area contributed by atoms with Gasteiger partial charge in [-0.1, -0.05) is 81.8 Å². The first-order valence-electron chi connectivity index (χ1n) is 11.1. The number of halogens is 1. The number of hydrogen-bond donors (Lipinski definition) is 1. The van der Waals surface area contributed by atoms with E-state index in [4.69, 9.17) is 11.6 Å². The third kappa shape index (κ3) is 7.10. The standard InChI is InChI=1S/C26H35ClN2O2/c1-6-23(25(31)28-7-2)29(18-20-10-8-9-11-22(20)27)24(30)17-14-19-12-15-21(16-13-19)26(3,4)5/h8-13,15-16,23H,6-7,14,17-18H2,1-5H3,(H,28,31)/t23-/m0/s1. The fraction of sp³-hybridized carbons (Fsp3) is 0.462. The summed E-state index contributed by atoms with van der Waals surface area (Å²) in [5.41, 5.74) is 3.33. The van der Waals surface area contributed by atoms with Gasteiger partial charge in [-0.25, -0.2) is 0 Å². The molecule has 0 bridgehead atoms. The van der Waals surface area contributed by atoms with E-state index >= 15 is 0 Å². The van der Waals surface area contributed by atoms with Gasteiger partial charge in [0.2, 0.25) is 11.8 Å². The molecule has 5 heteroatoms. The third-order valence-electron chi connectivity index (χ3n) is 5.48. The number of carbonyl (C=O) groups excluding carboxylic acids is 2. The molecule has 0 saturated heterocycles. The molecule has 1 atom stereocenters. The monoisotopic (exact) mass is 442 g/mol. The predicted molar refractivity (Wildman–Crippen MR) is 128 cm³/mol. The molecule has 2 amide bonds. The number of amides is 2. The van der Waals surface area contributed by atoms with Crippen LogP contribution in [0.4, 0.5) is 0 Å². The Morgan fingerprint density at radius 3 is 2.23 bits per heavy atom. The smallest absolute Gasteiger partial charge is 0.242 e. The Labute approximate surface area is 192 Å². The average Bonchev–Trinajstić information content (AvgIpc) is 2.73. The molecule has 0 aliphatic carbocycles. The highest BCUT2D eigenvalue weighted by atomic mass is 35.5. The van der Waals surface area contributed by atoms with Crippen molar-refractivity contribution >= 4 is 23.4 Å². The first-order chi connectivity index (χ1) is 14.7. The third-order valence-corrected chi connectivity index (χ3v) is 5.85. The first kappa shape index (κ1) is 24.9. The molecule has 0 aliphatic heterocycles. The second kappa shape index (κ2) is 11.3. The van der Waals surface area contributed by atoms with Crippen molar-refractivity contribution in [1.29, 1.82) is 0 Å². The number of benzene rings is 2. The number of rotatable bonds is 9. The Kier molecular flexibility index (Phi) is 9.12. The van der Waals surface area contributed by atoms with Crippen LogP contribution in [0.3, 0.4) is 0 Å². The van der Waals surface area contributed by atoms with E-state index < -0.39 is 6.04 Å². The number of likely N-dealkylation sites (N-methyl/N-ethyl adjacent to an activating group) is 1. The van der Waals surface area contributed by atoms with E-state index in [0.29, 0.717) is 37.4 Å². The van der Waals surface area contributed by atoms with Gasteiger partial charge in [-0.2, -0.15) is 0 Å². The predicted octanol–water partition coefficient (Wildman–Crippen LogP) is 5.51. The lowest BCUT2D eigenvalue weighted by Gasteiger charge is -2.31. The van der Waals surface area contributed by atoms with Crippen molar-refractivity contribution in [3.8, 4) is 0 Å². The van der Waals surface area contributed by atoms with E-state index in [1.807, 2.05) is 38.1 Å². The van der Waals surface area contributed by atoms with Crippen LogP contribution in [-0.2, 0) is 28.0 Å². The van der Waals surface area contributed by atoms with Crippen molar-refractivity contribution in [2.75, 3.05) is 6.54 Å². The molecule has 0 radical (unpaired) electrons. The van der Waals surface area contributed by atoms with Gasteiger partial charge in [0.05, 0.1) is 0 Å². The molecule has 168 valence electrons. The Balaban J connectivity index is 2.18. The van der Waals surface area contributed by atoms with Gasteiger partial charge in [-0.15, -0.1) is 0 Å². The van der Waals surface area contributed by atoms with Crippen LogP contribution in [0.2, 0.25) is 5.02 Å². The van der Waals surface area contributed by atoms with E-state index in [0.717, 1.165) is 11.1 Å². The van der Waals surface area contributed by atoms with Crippen LogP contribution in [0, 0.1) is 0 Å². The van der Waals surface area contributed by atoms with Gasteiger partial charge in [0.25, 0.3) is 0 Å². The van der Waals surface area contributed by atoms with Gasteiger partial charge in [-0.3, -0.25) is 9.59 Å². The molecule has 2 aromatic carbocycles. The second-order valence-corrected chi connectivity index (χ2v) is 9.29. The summed E-state index contributed by atoms with van der Waals surface area (Å²) in [6.45, 7) is 11.2. The van der Waals surface area contributed by atoms with E-state index in [1.165, 1.54) is 5.56 Å². The van der Waals surface area contributed by atoms with Crippen LogP contribution in [0.15, 0.2) is 48.5 Å². The fourth-order valence-electron chi connectivity index (χ4n) is 3.59. The topological polar surface area (TPSA) is 49.4 Å². The maximum absolute atomic E-state index is 13.3. The van der Waals surface area contributed by atoms with Gasteiger partial charge in [0, 0.05) is 24.5 Å². The van der Waals surface area contributed by atoms with Crippen molar-refractivity contribution in [1.82, 2.24) is 10.2 Å². The van der Waals surface area contributed by atoms with E-state index in [-0.39, 0.29) is 17.2 Å². The van der Waals surface area contributed by atoms with E-state index in [2.05, 4.69) is 50.4 Å². The lowest BCUT2D eigenvalue weighted by atomic mass is 9.86. The summed E-state index contributed by atoms with van der Waals surface area (Å²) in [7, 11) is 0.